The van der Waals surface area contributed by atoms with Crippen molar-refractivity contribution in [2.75, 3.05) is 6.26 Å². The van der Waals surface area contributed by atoms with Crippen LogP contribution in [0.15, 0.2) is 23.5 Å². The molecule has 0 saturated carbocycles. The quantitative estimate of drug-likeness (QED) is 0.456. The lowest BCUT2D eigenvalue weighted by Crippen LogP contribution is -2.00. The van der Waals surface area contributed by atoms with Gasteiger partial charge in [-0.05, 0) is 18.4 Å². The molecule has 0 fully saturated rings. The van der Waals surface area contributed by atoms with Crippen LogP contribution in [0.3, 0.4) is 0 Å². The number of benzene rings is 1. The van der Waals surface area contributed by atoms with Gasteiger partial charge in [-0.15, -0.1) is 11.8 Å². The topological polar surface area (TPSA) is 43.6 Å². The molecule has 4 nitrogen and oxygen atoms in total. The molecule has 2 aromatic heterocycles. The highest BCUT2D eigenvalue weighted by Gasteiger charge is 2.20. The summed E-state index contributed by atoms with van der Waals surface area (Å²) >= 11 is 26.0. The van der Waals surface area contributed by atoms with Gasteiger partial charge < -0.3 is 0 Å². The van der Waals surface area contributed by atoms with E-state index in [9.17, 15) is 0 Å². The maximum Gasteiger partial charge on any atom is 0.169 e. The highest BCUT2D eigenvalue weighted by molar-refractivity contribution is 7.98. The zero-order valence-electron chi connectivity index (χ0n) is 10.4. The van der Waals surface area contributed by atoms with E-state index in [4.69, 9.17) is 46.4 Å². The van der Waals surface area contributed by atoms with Crippen LogP contribution in [0.2, 0.25) is 20.2 Å². The van der Waals surface area contributed by atoms with Crippen LogP contribution in [-0.4, -0.2) is 26.0 Å². The van der Waals surface area contributed by atoms with Crippen LogP contribution in [0.5, 0.6) is 0 Å². The number of halogens is 4. The molecule has 0 bridgehead atoms. The minimum absolute atomic E-state index is 0.330. The molecule has 0 saturated heterocycles. The lowest BCUT2D eigenvalue weighted by Gasteiger charge is -2.08. The van der Waals surface area contributed by atoms with Crippen LogP contribution in [0.4, 0.5) is 0 Å². The number of nitrogens with zero attached hydrogens (tertiary/aromatic N) is 4. The van der Waals surface area contributed by atoms with E-state index in [1.165, 1.54) is 18.1 Å². The third-order valence-corrected chi connectivity index (χ3v) is 4.53. The minimum Gasteiger partial charge on any atom is -0.224 e. The number of rotatable bonds is 2. The number of aromatic nitrogens is 4. The number of hydrogen-bond acceptors (Lipinski definition) is 4. The third-order valence-electron chi connectivity index (χ3n) is 2.77. The smallest absolute Gasteiger partial charge is 0.169 e. The molecule has 3 aromatic rings. The van der Waals surface area contributed by atoms with Gasteiger partial charge in [0.2, 0.25) is 0 Å². The summed E-state index contributed by atoms with van der Waals surface area (Å²) in [6.45, 7) is 0. The summed E-state index contributed by atoms with van der Waals surface area (Å²) in [4.78, 5) is 8.22. The maximum atomic E-state index is 6.25. The van der Waals surface area contributed by atoms with Crippen LogP contribution in [0.25, 0.3) is 16.7 Å². The lowest BCUT2D eigenvalue weighted by molar-refractivity contribution is 0.852. The Kier molecular flexibility index (Phi) is 4.21. The molecule has 0 unspecified atom stereocenters. The SMILES string of the molecule is CSc1nn(-c2c(Cl)cc(Cl)cc2Cl)c2ncnc(Cl)c12. The van der Waals surface area contributed by atoms with Crippen molar-refractivity contribution in [3.63, 3.8) is 0 Å². The van der Waals surface area contributed by atoms with Gasteiger partial charge in [-0.25, -0.2) is 14.6 Å². The van der Waals surface area contributed by atoms with Gasteiger partial charge in [-0.1, -0.05) is 46.4 Å². The van der Waals surface area contributed by atoms with E-state index in [0.717, 1.165) is 0 Å². The standard InChI is InChI=1S/C12H6Cl4N4S/c1-21-12-8-10(16)17-4-18-11(8)20(19-12)9-6(14)2-5(13)3-7(9)15/h2-4H,1H3. The van der Waals surface area contributed by atoms with Crippen LogP contribution in [0.1, 0.15) is 0 Å². The fourth-order valence-electron chi connectivity index (χ4n) is 1.92. The Bertz CT molecular complexity index is 826. The summed E-state index contributed by atoms with van der Waals surface area (Å²) in [6, 6.07) is 3.19. The zero-order chi connectivity index (χ0) is 15.1. The fraction of sp³-hybridized carbons (Fsp3) is 0.0833. The first-order chi connectivity index (χ1) is 10.0. The second-order valence-electron chi connectivity index (χ2n) is 4.00. The van der Waals surface area contributed by atoms with Gasteiger partial charge in [0.15, 0.2) is 5.65 Å². The van der Waals surface area contributed by atoms with Gasteiger partial charge in [0.05, 0.1) is 15.4 Å². The Hall–Kier alpha value is -0.720. The lowest BCUT2D eigenvalue weighted by atomic mass is 10.3. The molecule has 0 aliphatic carbocycles. The monoisotopic (exact) mass is 378 g/mol. The van der Waals surface area contributed by atoms with Gasteiger partial charge in [-0.2, -0.15) is 5.10 Å². The molecule has 0 N–H and O–H groups in total. The van der Waals surface area contributed by atoms with Gasteiger partial charge in [0.1, 0.15) is 22.2 Å². The van der Waals surface area contributed by atoms with Gasteiger partial charge in [0.25, 0.3) is 0 Å². The van der Waals surface area contributed by atoms with E-state index in [-0.39, 0.29) is 0 Å². The van der Waals surface area contributed by atoms with Crippen LogP contribution >= 0.6 is 58.2 Å². The average molecular weight is 380 g/mol. The normalized spacial score (nSPS) is 11.3. The molecular weight excluding hydrogens is 374 g/mol. The van der Waals surface area contributed by atoms with E-state index in [0.29, 0.717) is 42.0 Å². The van der Waals surface area contributed by atoms with Crippen molar-refractivity contribution in [1.29, 1.82) is 0 Å². The van der Waals surface area contributed by atoms with Gasteiger partial charge in [-0.3, -0.25) is 0 Å². The number of hydrogen-bond donors (Lipinski definition) is 0. The molecule has 2 heterocycles. The summed E-state index contributed by atoms with van der Waals surface area (Å²) in [7, 11) is 0. The molecular formula is C12H6Cl4N4S. The molecule has 0 aliphatic rings. The molecule has 9 heteroatoms. The molecule has 3 rings (SSSR count). The van der Waals surface area contributed by atoms with E-state index >= 15 is 0 Å². The van der Waals surface area contributed by atoms with Crippen LogP contribution in [0, 0.1) is 0 Å². The van der Waals surface area contributed by atoms with Crippen molar-refractivity contribution >= 4 is 69.2 Å². The Labute approximate surface area is 144 Å². The molecule has 0 aliphatic heterocycles. The summed E-state index contributed by atoms with van der Waals surface area (Å²) in [5, 5.41) is 7.35. The van der Waals surface area contributed by atoms with E-state index in [1.807, 2.05) is 6.26 Å². The molecule has 0 radical (unpaired) electrons. The Morgan fingerprint density at radius 3 is 2.33 bits per heavy atom. The van der Waals surface area contributed by atoms with Crippen molar-refractivity contribution in [1.82, 2.24) is 19.7 Å². The van der Waals surface area contributed by atoms with Crippen molar-refractivity contribution in [2.24, 2.45) is 0 Å². The first kappa shape index (κ1) is 15.2. The predicted octanol–water partition coefficient (Wildman–Crippen LogP) is 5.15. The summed E-state index contributed by atoms with van der Waals surface area (Å²) in [6.07, 6.45) is 3.26. The van der Waals surface area contributed by atoms with Crippen molar-refractivity contribution in [3.8, 4) is 5.69 Å². The number of thioether (sulfide) groups is 1. The highest BCUT2D eigenvalue weighted by atomic mass is 35.5. The van der Waals surface area contributed by atoms with Gasteiger partial charge in [0, 0.05) is 5.02 Å². The second-order valence-corrected chi connectivity index (χ2v) is 6.41. The summed E-state index contributed by atoms with van der Waals surface area (Å²) < 4.78 is 1.55. The molecule has 0 atom stereocenters. The Morgan fingerprint density at radius 2 is 1.71 bits per heavy atom. The maximum absolute atomic E-state index is 6.25. The highest BCUT2D eigenvalue weighted by Crippen LogP contribution is 2.36. The van der Waals surface area contributed by atoms with Crippen molar-refractivity contribution in [2.45, 2.75) is 5.03 Å². The van der Waals surface area contributed by atoms with Crippen LogP contribution in [-0.2, 0) is 0 Å². The first-order valence-electron chi connectivity index (χ1n) is 5.61. The number of fused-ring (bicyclic) bond motifs is 1. The van der Waals surface area contributed by atoms with Crippen LogP contribution < -0.4 is 0 Å². The average Bonchev–Trinajstić information content (AvgIpc) is 2.78. The predicted molar refractivity (Wildman–Crippen MR) is 88.5 cm³/mol. The fourth-order valence-corrected chi connectivity index (χ4v) is 3.73. The van der Waals surface area contributed by atoms with E-state index in [2.05, 4.69) is 15.1 Å². The van der Waals surface area contributed by atoms with Gasteiger partial charge >= 0.3 is 0 Å². The van der Waals surface area contributed by atoms with Crippen molar-refractivity contribution < 1.29 is 0 Å². The largest absolute Gasteiger partial charge is 0.224 e. The molecule has 108 valence electrons. The van der Waals surface area contributed by atoms with E-state index < -0.39 is 0 Å². The zero-order valence-corrected chi connectivity index (χ0v) is 14.3. The minimum atomic E-state index is 0.330. The Balaban J connectivity index is 2.39. The first-order valence-corrected chi connectivity index (χ1v) is 8.34. The second kappa shape index (κ2) is 5.82. The third kappa shape index (κ3) is 2.58. The van der Waals surface area contributed by atoms with Crippen molar-refractivity contribution in [3.05, 3.63) is 38.7 Å². The Morgan fingerprint density at radius 1 is 1.05 bits per heavy atom. The molecule has 0 amide bonds. The summed E-state index contributed by atoms with van der Waals surface area (Å²) in [5.41, 5.74) is 1.04. The molecule has 21 heavy (non-hydrogen) atoms. The molecule has 1 aromatic carbocycles. The molecule has 0 spiro atoms. The van der Waals surface area contributed by atoms with E-state index in [1.54, 1.807) is 16.8 Å². The summed E-state index contributed by atoms with van der Waals surface area (Å²) in [5.74, 6) is 0.